The molecule has 0 radical (unpaired) electrons. The highest BCUT2D eigenvalue weighted by Crippen LogP contribution is 2.29. The molecule has 1 N–H and O–H groups in total. The topological polar surface area (TPSA) is 49.4 Å². The second-order valence-electron chi connectivity index (χ2n) is 5.03. The van der Waals surface area contributed by atoms with Crippen LogP contribution in [0.25, 0.3) is 0 Å². The first-order valence-corrected chi connectivity index (χ1v) is 9.51. The van der Waals surface area contributed by atoms with Crippen molar-refractivity contribution in [2.24, 2.45) is 0 Å². The average molecular weight is 363 g/mol. The second-order valence-corrected chi connectivity index (χ2v) is 8.21. The fraction of sp³-hybridized carbons (Fsp3) is 0.571. The van der Waals surface area contributed by atoms with Crippen LogP contribution in [0, 0.1) is 0 Å². The highest BCUT2D eigenvalue weighted by molar-refractivity contribution is 9.10. The maximum absolute atomic E-state index is 11.3. The molecule has 0 bridgehead atoms. The summed E-state index contributed by atoms with van der Waals surface area (Å²) in [6.07, 6.45) is 1.27. The first kappa shape index (κ1) is 17.5. The van der Waals surface area contributed by atoms with Gasteiger partial charge >= 0.3 is 0 Å². The highest BCUT2D eigenvalue weighted by atomic mass is 79.9. The molecular weight excluding hydrogens is 340 g/mol. The summed E-state index contributed by atoms with van der Waals surface area (Å²) < 4.78 is 23.6. The Labute approximate surface area is 130 Å². The number of hydrogen-bond donors (Lipinski definition) is 1. The van der Waals surface area contributed by atoms with Crippen molar-refractivity contribution < 1.29 is 8.42 Å². The van der Waals surface area contributed by atoms with E-state index in [-0.39, 0.29) is 11.8 Å². The summed E-state index contributed by atoms with van der Waals surface area (Å²) in [6.45, 7) is 5.56. The Balaban J connectivity index is 2.99. The molecule has 0 heterocycles. The minimum absolute atomic E-state index is 0.158. The molecule has 1 rings (SSSR count). The van der Waals surface area contributed by atoms with Crippen LogP contribution >= 0.6 is 15.9 Å². The molecule has 20 heavy (non-hydrogen) atoms. The lowest BCUT2D eigenvalue weighted by Crippen LogP contribution is -2.27. The van der Waals surface area contributed by atoms with Crippen molar-refractivity contribution in [2.75, 3.05) is 37.0 Å². The first-order valence-electron chi connectivity index (χ1n) is 6.66. The zero-order chi connectivity index (χ0) is 15.3. The predicted molar refractivity (Wildman–Crippen MR) is 89.2 cm³/mol. The van der Waals surface area contributed by atoms with Crippen LogP contribution in [0.2, 0.25) is 0 Å². The van der Waals surface area contributed by atoms with Gasteiger partial charge in [-0.25, -0.2) is 8.42 Å². The van der Waals surface area contributed by atoms with E-state index in [1.165, 1.54) is 11.8 Å². The third kappa shape index (κ3) is 5.42. The monoisotopic (exact) mass is 362 g/mol. The number of rotatable bonds is 7. The van der Waals surface area contributed by atoms with E-state index < -0.39 is 9.84 Å². The van der Waals surface area contributed by atoms with Crippen LogP contribution in [0.15, 0.2) is 22.7 Å². The Morgan fingerprint density at radius 3 is 2.60 bits per heavy atom. The normalized spacial score (nSPS) is 13.2. The number of hydrogen-bond acceptors (Lipinski definition) is 4. The van der Waals surface area contributed by atoms with E-state index in [9.17, 15) is 8.42 Å². The van der Waals surface area contributed by atoms with Crippen LogP contribution in [0.3, 0.4) is 0 Å². The van der Waals surface area contributed by atoms with Crippen molar-refractivity contribution in [1.29, 1.82) is 0 Å². The van der Waals surface area contributed by atoms with Crippen LogP contribution in [0.5, 0.6) is 0 Å². The van der Waals surface area contributed by atoms with Gasteiger partial charge in [-0.15, -0.1) is 0 Å². The molecule has 0 aliphatic carbocycles. The van der Waals surface area contributed by atoms with E-state index in [2.05, 4.69) is 41.2 Å². The molecule has 114 valence electrons. The summed E-state index contributed by atoms with van der Waals surface area (Å²) in [6, 6.07) is 6.34. The Bertz CT molecular complexity index is 546. The highest BCUT2D eigenvalue weighted by Gasteiger charge is 2.14. The third-order valence-electron chi connectivity index (χ3n) is 3.18. The van der Waals surface area contributed by atoms with E-state index in [1.807, 2.05) is 24.1 Å². The lowest BCUT2D eigenvalue weighted by atomic mass is 10.1. The molecule has 4 nitrogen and oxygen atoms in total. The molecule has 0 saturated carbocycles. The molecule has 0 amide bonds. The molecule has 1 aromatic rings. The van der Waals surface area contributed by atoms with Crippen molar-refractivity contribution in [3.8, 4) is 0 Å². The van der Waals surface area contributed by atoms with Crippen molar-refractivity contribution in [1.82, 2.24) is 5.32 Å². The van der Waals surface area contributed by atoms with Gasteiger partial charge in [-0.1, -0.05) is 28.9 Å². The Morgan fingerprint density at radius 2 is 2.05 bits per heavy atom. The van der Waals surface area contributed by atoms with Gasteiger partial charge < -0.3 is 10.2 Å². The van der Waals surface area contributed by atoms with E-state index in [0.717, 1.165) is 16.7 Å². The van der Waals surface area contributed by atoms with Gasteiger partial charge in [-0.2, -0.15) is 0 Å². The fourth-order valence-corrected chi connectivity index (χ4v) is 3.01. The predicted octanol–water partition coefficient (Wildman–Crippen LogP) is 2.60. The maximum Gasteiger partial charge on any atom is 0.149 e. The van der Waals surface area contributed by atoms with E-state index in [1.54, 1.807) is 0 Å². The summed E-state index contributed by atoms with van der Waals surface area (Å²) in [5.41, 5.74) is 2.22. The van der Waals surface area contributed by atoms with E-state index >= 15 is 0 Å². The summed E-state index contributed by atoms with van der Waals surface area (Å²) in [5, 5.41) is 3.39. The zero-order valence-corrected chi connectivity index (χ0v) is 14.9. The maximum atomic E-state index is 11.3. The van der Waals surface area contributed by atoms with Gasteiger partial charge in [0.05, 0.1) is 5.75 Å². The van der Waals surface area contributed by atoms with Gasteiger partial charge in [0.2, 0.25) is 0 Å². The molecule has 0 aromatic heterocycles. The standard InChI is InChI=1S/C14H23BrN2O2S/c1-5-16-11(2)13-7-6-12(15)10-14(13)17(3)8-9-20(4,18)19/h6-7,10-11,16H,5,8-9H2,1-4H3. The number of benzene rings is 1. The summed E-state index contributed by atoms with van der Waals surface area (Å²) >= 11 is 3.48. The van der Waals surface area contributed by atoms with Crippen molar-refractivity contribution in [3.63, 3.8) is 0 Å². The lowest BCUT2D eigenvalue weighted by molar-refractivity contribution is 0.595. The van der Waals surface area contributed by atoms with Gasteiger partial charge in [0.25, 0.3) is 0 Å². The largest absolute Gasteiger partial charge is 0.373 e. The van der Waals surface area contributed by atoms with Crippen molar-refractivity contribution in [3.05, 3.63) is 28.2 Å². The number of sulfone groups is 1. The molecular formula is C14H23BrN2O2S. The van der Waals surface area contributed by atoms with E-state index in [0.29, 0.717) is 6.54 Å². The number of anilines is 1. The molecule has 0 aliphatic heterocycles. The van der Waals surface area contributed by atoms with Gasteiger partial charge in [0.1, 0.15) is 9.84 Å². The molecule has 1 aromatic carbocycles. The number of nitrogens with one attached hydrogen (secondary N) is 1. The fourth-order valence-electron chi connectivity index (χ4n) is 2.05. The minimum Gasteiger partial charge on any atom is -0.373 e. The molecule has 0 spiro atoms. The van der Waals surface area contributed by atoms with E-state index in [4.69, 9.17) is 0 Å². The van der Waals surface area contributed by atoms with Gasteiger partial charge in [-0.3, -0.25) is 0 Å². The Morgan fingerprint density at radius 1 is 1.40 bits per heavy atom. The number of halogens is 1. The van der Waals surface area contributed by atoms with Gasteiger partial charge in [-0.05, 0) is 31.2 Å². The quantitative estimate of drug-likeness (QED) is 0.809. The van der Waals surface area contributed by atoms with Crippen LogP contribution in [0.4, 0.5) is 5.69 Å². The molecule has 1 unspecified atom stereocenters. The van der Waals surface area contributed by atoms with Crippen LogP contribution in [0.1, 0.15) is 25.5 Å². The first-order chi connectivity index (χ1) is 9.24. The van der Waals surface area contributed by atoms with Crippen LogP contribution in [-0.4, -0.2) is 40.6 Å². The van der Waals surface area contributed by atoms with Crippen molar-refractivity contribution in [2.45, 2.75) is 19.9 Å². The molecule has 6 heteroatoms. The Hall–Kier alpha value is -0.590. The smallest absolute Gasteiger partial charge is 0.149 e. The van der Waals surface area contributed by atoms with Gasteiger partial charge in [0.15, 0.2) is 0 Å². The molecule has 0 aliphatic rings. The van der Waals surface area contributed by atoms with Crippen LogP contribution in [-0.2, 0) is 9.84 Å². The molecule has 0 fully saturated rings. The minimum atomic E-state index is -2.95. The molecule has 1 atom stereocenters. The summed E-state index contributed by atoms with van der Waals surface area (Å²) in [4.78, 5) is 2.00. The number of nitrogens with zero attached hydrogens (tertiary/aromatic N) is 1. The van der Waals surface area contributed by atoms with Crippen LogP contribution < -0.4 is 10.2 Å². The summed E-state index contributed by atoms with van der Waals surface area (Å²) in [5.74, 6) is 0.158. The zero-order valence-electron chi connectivity index (χ0n) is 12.5. The second kappa shape index (κ2) is 7.43. The Kier molecular flexibility index (Phi) is 6.48. The SMILES string of the molecule is CCNC(C)c1ccc(Br)cc1N(C)CCS(C)(=O)=O. The summed E-state index contributed by atoms with van der Waals surface area (Å²) in [7, 11) is -1.02. The molecule has 0 saturated heterocycles. The van der Waals surface area contributed by atoms with Gasteiger partial charge in [0, 0.05) is 36.1 Å². The average Bonchev–Trinajstić information content (AvgIpc) is 2.35. The third-order valence-corrected chi connectivity index (χ3v) is 4.60. The lowest BCUT2D eigenvalue weighted by Gasteiger charge is -2.25. The van der Waals surface area contributed by atoms with Crippen molar-refractivity contribution >= 4 is 31.5 Å².